The fourth-order valence-corrected chi connectivity index (χ4v) is 1.44. The number of carbonyl (C=O) groups excluding carboxylic acids is 1. The lowest BCUT2D eigenvalue weighted by Gasteiger charge is -2.17. The highest BCUT2D eigenvalue weighted by molar-refractivity contribution is 5.94. The Morgan fingerprint density at radius 1 is 1.44 bits per heavy atom. The minimum Gasteiger partial charge on any atom is -0.481 e. The molecular weight excluding hydrogens is 210 g/mol. The van der Waals surface area contributed by atoms with Crippen molar-refractivity contribution in [2.45, 2.75) is 27.2 Å². The van der Waals surface area contributed by atoms with E-state index in [1.54, 1.807) is 6.92 Å². The van der Waals surface area contributed by atoms with Gasteiger partial charge >= 0.3 is 11.9 Å². The van der Waals surface area contributed by atoms with Gasteiger partial charge in [-0.2, -0.15) is 5.26 Å². The van der Waals surface area contributed by atoms with Crippen LogP contribution in [0.1, 0.15) is 27.2 Å². The number of esters is 1. The van der Waals surface area contributed by atoms with Crippen LogP contribution in [0.2, 0.25) is 0 Å². The number of ether oxygens (including phenoxy) is 1. The van der Waals surface area contributed by atoms with Crippen LogP contribution in [-0.4, -0.2) is 23.7 Å². The summed E-state index contributed by atoms with van der Waals surface area (Å²) in [4.78, 5) is 22.4. The third kappa shape index (κ3) is 4.30. The lowest BCUT2D eigenvalue weighted by molar-refractivity contribution is -0.160. The molecule has 16 heavy (non-hydrogen) atoms. The van der Waals surface area contributed by atoms with E-state index in [0.717, 1.165) is 0 Å². The van der Waals surface area contributed by atoms with Gasteiger partial charge in [-0.05, 0) is 19.3 Å². The van der Waals surface area contributed by atoms with Gasteiger partial charge in [0.2, 0.25) is 0 Å². The van der Waals surface area contributed by atoms with Crippen LogP contribution in [0.3, 0.4) is 0 Å². The zero-order valence-electron chi connectivity index (χ0n) is 9.77. The molecule has 1 N–H and O–H groups in total. The number of nitrogens with zero attached hydrogens (tertiary/aromatic N) is 1. The highest BCUT2D eigenvalue weighted by atomic mass is 16.5. The molecule has 0 saturated heterocycles. The smallest absolute Gasteiger partial charge is 0.321 e. The second kappa shape index (κ2) is 6.83. The first kappa shape index (κ1) is 14.4. The SMILES string of the molecule is CCOC(=O)[C@H](C(=O)O)[C@@H](C#N)CC(C)C. The van der Waals surface area contributed by atoms with E-state index in [0.29, 0.717) is 6.42 Å². The molecule has 0 rings (SSSR count). The summed E-state index contributed by atoms with van der Waals surface area (Å²) in [5, 5.41) is 17.8. The predicted octanol–water partition coefficient (Wildman–Crippen LogP) is 1.44. The Labute approximate surface area is 95.0 Å². The molecule has 0 bridgehead atoms. The maximum Gasteiger partial charge on any atom is 0.321 e. The van der Waals surface area contributed by atoms with Gasteiger partial charge in [-0.3, -0.25) is 9.59 Å². The van der Waals surface area contributed by atoms with Crippen molar-refractivity contribution in [2.24, 2.45) is 17.8 Å². The molecule has 0 aliphatic rings. The molecule has 0 spiro atoms. The molecule has 0 aliphatic heterocycles. The van der Waals surface area contributed by atoms with E-state index in [-0.39, 0.29) is 12.5 Å². The molecule has 0 amide bonds. The van der Waals surface area contributed by atoms with Crippen molar-refractivity contribution in [3.05, 3.63) is 0 Å². The molecule has 0 aromatic rings. The van der Waals surface area contributed by atoms with Crippen molar-refractivity contribution in [2.75, 3.05) is 6.61 Å². The standard InChI is InChI=1S/C11H17NO4/c1-4-16-11(15)9(10(13)14)8(6-12)5-7(2)3/h7-9H,4-5H2,1-3H3,(H,13,14)/t8-,9+/m1/s1. The maximum atomic E-state index is 11.4. The Kier molecular flexibility index (Phi) is 6.16. The van der Waals surface area contributed by atoms with Gasteiger partial charge in [-0.1, -0.05) is 13.8 Å². The van der Waals surface area contributed by atoms with Crippen LogP contribution < -0.4 is 0 Å². The van der Waals surface area contributed by atoms with Crippen LogP contribution in [0, 0.1) is 29.1 Å². The fourth-order valence-electron chi connectivity index (χ4n) is 1.44. The second-order valence-electron chi connectivity index (χ2n) is 3.93. The Hall–Kier alpha value is -1.57. The minimum atomic E-state index is -1.38. The van der Waals surface area contributed by atoms with E-state index in [1.807, 2.05) is 19.9 Å². The van der Waals surface area contributed by atoms with Crippen LogP contribution in [0.15, 0.2) is 0 Å². The fraction of sp³-hybridized carbons (Fsp3) is 0.727. The summed E-state index contributed by atoms with van der Waals surface area (Å²) in [7, 11) is 0. The van der Waals surface area contributed by atoms with Crippen molar-refractivity contribution < 1.29 is 19.4 Å². The largest absolute Gasteiger partial charge is 0.481 e. The van der Waals surface area contributed by atoms with Gasteiger partial charge in [0.25, 0.3) is 0 Å². The van der Waals surface area contributed by atoms with Crippen LogP contribution in [0.4, 0.5) is 0 Å². The predicted molar refractivity (Wildman–Crippen MR) is 56.3 cm³/mol. The van der Waals surface area contributed by atoms with Crippen LogP contribution >= 0.6 is 0 Å². The van der Waals surface area contributed by atoms with E-state index in [9.17, 15) is 9.59 Å². The van der Waals surface area contributed by atoms with Gasteiger partial charge in [-0.25, -0.2) is 0 Å². The molecule has 0 saturated carbocycles. The molecule has 2 atom stereocenters. The first-order chi connectivity index (χ1) is 7.43. The van der Waals surface area contributed by atoms with E-state index in [4.69, 9.17) is 10.4 Å². The van der Waals surface area contributed by atoms with Gasteiger partial charge < -0.3 is 9.84 Å². The lowest BCUT2D eigenvalue weighted by atomic mass is 9.86. The van der Waals surface area contributed by atoms with Gasteiger partial charge in [0, 0.05) is 0 Å². The first-order valence-electron chi connectivity index (χ1n) is 5.23. The molecule has 0 aliphatic carbocycles. The molecule has 0 radical (unpaired) electrons. The minimum absolute atomic E-state index is 0.114. The normalized spacial score (nSPS) is 13.9. The summed E-state index contributed by atoms with van der Waals surface area (Å²) < 4.78 is 4.66. The van der Waals surface area contributed by atoms with Crippen LogP contribution in [0.5, 0.6) is 0 Å². The van der Waals surface area contributed by atoms with Crippen LogP contribution in [-0.2, 0) is 14.3 Å². The van der Waals surface area contributed by atoms with E-state index in [1.165, 1.54) is 0 Å². The second-order valence-corrected chi connectivity index (χ2v) is 3.93. The lowest BCUT2D eigenvalue weighted by Crippen LogP contribution is -2.33. The number of aliphatic carboxylic acids is 1. The van der Waals surface area contributed by atoms with E-state index >= 15 is 0 Å². The number of rotatable bonds is 6. The molecule has 5 nitrogen and oxygen atoms in total. The summed E-state index contributed by atoms with van der Waals surface area (Å²) in [5.41, 5.74) is 0. The Balaban J connectivity index is 4.81. The van der Waals surface area contributed by atoms with Gasteiger partial charge in [0.05, 0.1) is 18.6 Å². The number of carbonyl (C=O) groups is 2. The summed E-state index contributed by atoms with van der Waals surface area (Å²) in [6, 6.07) is 1.87. The number of nitriles is 1. The van der Waals surface area contributed by atoms with E-state index < -0.39 is 23.8 Å². The monoisotopic (exact) mass is 227 g/mol. The summed E-state index contributed by atoms with van der Waals surface area (Å²) in [5.74, 6) is -4.20. The highest BCUT2D eigenvalue weighted by Crippen LogP contribution is 2.21. The first-order valence-corrected chi connectivity index (χ1v) is 5.23. The number of carboxylic acid groups (broad SMARTS) is 1. The highest BCUT2D eigenvalue weighted by Gasteiger charge is 2.36. The third-order valence-corrected chi connectivity index (χ3v) is 2.10. The number of hydrogen-bond acceptors (Lipinski definition) is 4. The number of carboxylic acids is 1. The van der Waals surface area contributed by atoms with Crippen molar-refractivity contribution >= 4 is 11.9 Å². The molecule has 0 aromatic carbocycles. The quantitative estimate of drug-likeness (QED) is 0.548. The van der Waals surface area contributed by atoms with Crippen molar-refractivity contribution in [1.29, 1.82) is 5.26 Å². The molecule has 0 heterocycles. The Morgan fingerprint density at radius 2 is 2.00 bits per heavy atom. The Morgan fingerprint density at radius 3 is 2.31 bits per heavy atom. The van der Waals surface area contributed by atoms with E-state index in [2.05, 4.69) is 4.74 Å². The average Bonchev–Trinajstić information content (AvgIpc) is 2.15. The van der Waals surface area contributed by atoms with Crippen molar-refractivity contribution in [3.8, 4) is 6.07 Å². The zero-order valence-corrected chi connectivity index (χ0v) is 9.77. The summed E-state index contributed by atoms with van der Waals surface area (Å²) in [6.07, 6.45) is 0.367. The molecule has 0 aromatic heterocycles. The van der Waals surface area contributed by atoms with Gasteiger partial charge in [-0.15, -0.1) is 0 Å². The average molecular weight is 227 g/mol. The summed E-state index contributed by atoms with van der Waals surface area (Å²) >= 11 is 0. The van der Waals surface area contributed by atoms with Gasteiger partial charge in [0.1, 0.15) is 0 Å². The Bertz CT molecular complexity index is 293. The molecule has 5 heteroatoms. The third-order valence-electron chi connectivity index (χ3n) is 2.10. The summed E-state index contributed by atoms with van der Waals surface area (Å²) in [6.45, 7) is 5.45. The maximum absolute atomic E-state index is 11.4. The number of hydrogen-bond donors (Lipinski definition) is 1. The topological polar surface area (TPSA) is 87.4 Å². The molecule has 90 valence electrons. The zero-order chi connectivity index (χ0) is 12.7. The molecule has 0 fully saturated rings. The van der Waals surface area contributed by atoms with Crippen molar-refractivity contribution in [3.63, 3.8) is 0 Å². The van der Waals surface area contributed by atoms with Gasteiger partial charge in [0.15, 0.2) is 5.92 Å². The van der Waals surface area contributed by atoms with Crippen molar-refractivity contribution in [1.82, 2.24) is 0 Å². The molecular formula is C11H17NO4. The van der Waals surface area contributed by atoms with Crippen LogP contribution in [0.25, 0.3) is 0 Å². The molecule has 0 unspecified atom stereocenters.